The van der Waals surface area contributed by atoms with Crippen LogP contribution >= 0.6 is 0 Å². The second-order valence-corrected chi connectivity index (χ2v) is 11.1. The quantitative estimate of drug-likeness (QED) is 0.534. The molecule has 1 saturated heterocycles. The van der Waals surface area contributed by atoms with E-state index in [2.05, 4.69) is 91.2 Å². The Labute approximate surface area is 197 Å². The molecule has 5 nitrogen and oxygen atoms in total. The van der Waals surface area contributed by atoms with Crippen LogP contribution in [0, 0.1) is 10.8 Å². The summed E-state index contributed by atoms with van der Waals surface area (Å²) >= 11 is 0. The van der Waals surface area contributed by atoms with Crippen LogP contribution in [0.3, 0.4) is 0 Å². The SMILES string of the molecule is CC1(C)CC2CC(C)(CN2c2ncnc(N(Cc3ccccc3)Cc3ccccc3)c2N)C1. The van der Waals surface area contributed by atoms with Gasteiger partial charge in [-0.2, -0.15) is 0 Å². The van der Waals surface area contributed by atoms with Gasteiger partial charge in [0.15, 0.2) is 11.6 Å². The van der Waals surface area contributed by atoms with E-state index < -0.39 is 0 Å². The minimum atomic E-state index is 0.317. The maximum atomic E-state index is 6.86. The van der Waals surface area contributed by atoms with Crippen molar-refractivity contribution in [3.63, 3.8) is 0 Å². The Bertz CT molecular complexity index is 1060. The Morgan fingerprint density at radius 1 is 0.909 bits per heavy atom. The number of benzene rings is 2. The lowest BCUT2D eigenvalue weighted by Crippen LogP contribution is -2.35. The third kappa shape index (κ3) is 4.54. The molecule has 0 amide bonds. The highest BCUT2D eigenvalue weighted by Gasteiger charge is 2.50. The van der Waals surface area contributed by atoms with E-state index in [1.165, 1.54) is 30.4 Å². The molecular weight excluding hydrogens is 406 g/mol. The number of fused-ring (bicyclic) bond motifs is 2. The van der Waals surface area contributed by atoms with Crippen LogP contribution in [0.5, 0.6) is 0 Å². The molecule has 172 valence electrons. The Hall–Kier alpha value is -3.08. The Balaban J connectivity index is 1.49. The molecule has 1 aliphatic heterocycles. The zero-order valence-electron chi connectivity index (χ0n) is 20.0. The molecule has 0 spiro atoms. The van der Waals surface area contributed by atoms with Crippen molar-refractivity contribution < 1.29 is 0 Å². The highest BCUT2D eigenvalue weighted by Crippen LogP contribution is 2.54. The fourth-order valence-electron chi connectivity index (χ4n) is 6.38. The topological polar surface area (TPSA) is 58.3 Å². The summed E-state index contributed by atoms with van der Waals surface area (Å²) in [5, 5.41) is 0. The summed E-state index contributed by atoms with van der Waals surface area (Å²) in [6.45, 7) is 9.72. The number of nitrogen functional groups attached to an aromatic ring is 1. The maximum absolute atomic E-state index is 6.86. The first-order valence-corrected chi connectivity index (χ1v) is 12.0. The molecule has 5 rings (SSSR count). The summed E-state index contributed by atoms with van der Waals surface area (Å²) in [6.07, 6.45) is 5.34. The molecule has 1 aliphatic carbocycles. The van der Waals surface area contributed by atoms with Crippen LogP contribution in [-0.2, 0) is 13.1 Å². The van der Waals surface area contributed by atoms with Crippen molar-refractivity contribution in [3.8, 4) is 0 Å². The number of hydrogen-bond donors (Lipinski definition) is 1. The summed E-state index contributed by atoms with van der Waals surface area (Å²) in [4.78, 5) is 14.2. The maximum Gasteiger partial charge on any atom is 0.158 e. The summed E-state index contributed by atoms with van der Waals surface area (Å²) in [6, 6.07) is 21.5. The highest BCUT2D eigenvalue weighted by molar-refractivity contribution is 5.76. The molecule has 1 aromatic heterocycles. The van der Waals surface area contributed by atoms with Gasteiger partial charge < -0.3 is 15.5 Å². The first-order chi connectivity index (χ1) is 15.8. The number of nitrogens with zero attached hydrogens (tertiary/aromatic N) is 4. The zero-order valence-corrected chi connectivity index (χ0v) is 20.0. The largest absolute Gasteiger partial charge is 0.393 e. The van der Waals surface area contributed by atoms with Gasteiger partial charge in [-0.15, -0.1) is 0 Å². The lowest BCUT2D eigenvalue weighted by Gasteiger charge is -2.39. The molecule has 2 heterocycles. The van der Waals surface area contributed by atoms with Crippen molar-refractivity contribution in [1.82, 2.24) is 9.97 Å². The van der Waals surface area contributed by atoms with Gasteiger partial charge in [0, 0.05) is 25.7 Å². The number of anilines is 3. The molecule has 0 radical (unpaired) electrons. The van der Waals surface area contributed by atoms with Crippen LogP contribution in [0.4, 0.5) is 17.3 Å². The second kappa shape index (κ2) is 8.36. The van der Waals surface area contributed by atoms with E-state index in [0.29, 0.717) is 22.6 Å². The molecule has 2 unspecified atom stereocenters. The Kier molecular flexibility index (Phi) is 5.51. The number of hydrogen-bond acceptors (Lipinski definition) is 5. The molecule has 5 heteroatoms. The molecule has 3 aromatic rings. The van der Waals surface area contributed by atoms with Crippen LogP contribution < -0.4 is 15.5 Å². The molecule has 2 bridgehead atoms. The molecule has 2 aromatic carbocycles. The lowest BCUT2D eigenvalue weighted by atomic mass is 9.65. The smallest absolute Gasteiger partial charge is 0.158 e. The molecule has 33 heavy (non-hydrogen) atoms. The van der Waals surface area contributed by atoms with E-state index in [4.69, 9.17) is 15.7 Å². The summed E-state index contributed by atoms with van der Waals surface area (Å²) < 4.78 is 0. The van der Waals surface area contributed by atoms with Crippen molar-refractivity contribution in [1.29, 1.82) is 0 Å². The van der Waals surface area contributed by atoms with Crippen LogP contribution in [0.15, 0.2) is 67.0 Å². The predicted octanol–water partition coefficient (Wildman–Crippen LogP) is 5.67. The Morgan fingerprint density at radius 2 is 1.52 bits per heavy atom. The van der Waals surface area contributed by atoms with Gasteiger partial charge in [-0.05, 0) is 41.2 Å². The monoisotopic (exact) mass is 441 g/mol. The summed E-state index contributed by atoms with van der Waals surface area (Å²) in [7, 11) is 0. The van der Waals surface area contributed by atoms with Gasteiger partial charge in [0.25, 0.3) is 0 Å². The van der Waals surface area contributed by atoms with E-state index in [1.807, 2.05) is 0 Å². The summed E-state index contributed by atoms with van der Waals surface area (Å²) in [5.41, 5.74) is 10.7. The molecular formula is C28H35N5. The van der Waals surface area contributed by atoms with Crippen molar-refractivity contribution >= 4 is 17.3 Å². The lowest BCUT2D eigenvalue weighted by molar-refractivity contribution is 0.136. The molecule has 2 N–H and O–H groups in total. The molecule has 1 saturated carbocycles. The average Bonchev–Trinajstić information content (AvgIpc) is 3.03. The fourth-order valence-corrected chi connectivity index (χ4v) is 6.38. The van der Waals surface area contributed by atoms with Crippen LogP contribution in [0.2, 0.25) is 0 Å². The van der Waals surface area contributed by atoms with Gasteiger partial charge >= 0.3 is 0 Å². The number of rotatable bonds is 6. The highest BCUT2D eigenvalue weighted by atomic mass is 15.3. The summed E-state index contributed by atoms with van der Waals surface area (Å²) in [5.74, 6) is 1.72. The normalized spacial score (nSPS) is 23.5. The molecule has 2 fully saturated rings. The minimum absolute atomic E-state index is 0.317. The van der Waals surface area contributed by atoms with E-state index in [9.17, 15) is 0 Å². The number of nitrogens with two attached hydrogens (primary N) is 1. The standard InChI is InChI=1S/C28H35N5/c1-27(2)14-23-15-28(3,18-27)19-33(23)26-24(29)25(30-20-31-26)32(16-21-10-6-4-7-11-21)17-22-12-8-5-9-13-22/h4-13,20,23H,14-19,29H2,1-3H3. The predicted molar refractivity (Wildman–Crippen MR) is 136 cm³/mol. The van der Waals surface area contributed by atoms with Crippen molar-refractivity contribution in [2.45, 2.75) is 59.2 Å². The van der Waals surface area contributed by atoms with Gasteiger partial charge in [-0.1, -0.05) is 81.4 Å². The first kappa shape index (κ1) is 21.7. The van der Waals surface area contributed by atoms with Crippen molar-refractivity contribution in [2.75, 3.05) is 22.1 Å². The zero-order chi connectivity index (χ0) is 23.1. The van der Waals surface area contributed by atoms with Gasteiger partial charge in [0.1, 0.15) is 12.0 Å². The molecule has 2 aliphatic rings. The molecule has 2 atom stereocenters. The van der Waals surface area contributed by atoms with Crippen LogP contribution in [0.25, 0.3) is 0 Å². The average molecular weight is 442 g/mol. The van der Waals surface area contributed by atoms with Gasteiger partial charge in [0.05, 0.1) is 0 Å². The second-order valence-electron chi connectivity index (χ2n) is 11.1. The van der Waals surface area contributed by atoms with Crippen molar-refractivity contribution in [2.24, 2.45) is 10.8 Å². The van der Waals surface area contributed by atoms with E-state index in [0.717, 1.165) is 31.3 Å². The van der Waals surface area contributed by atoms with Gasteiger partial charge in [-0.3, -0.25) is 0 Å². The van der Waals surface area contributed by atoms with Crippen LogP contribution in [-0.4, -0.2) is 22.6 Å². The third-order valence-corrected chi connectivity index (χ3v) is 7.26. The van der Waals surface area contributed by atoms with E-state index in [-0.39, 0.29) is 0 Å². The van der Waals surface area contributed by atoms with E-state index in [1.54, 1.807) is 6.33 Å². The van der Waals surface area contributed by atoms with Gasteiger partial charge in [-0.25, -0.2) is 9.97 Å². The first-order valence-electron chi connectivity index (χ1n) is 12.0. The van der Waals surface area contributed by atoms with Crippen LogP contribution in [0.1, 0.15) is 51.2 Å². The van der Waals surface area contributed by atoms with E-state index >= 15 is 0 Å². The van der Waals surface area contributed by atoms with Crippen molar-refractivity contribution in [3.05, 3.63) is 78.1 Å². The third-order valence-electron chi connectivity index (χ3n) is 7.26. The minimum Gasteiger partial charge on any atom is -0.393 e. The number of aromatic nitrogens is 2. The van der Waals surface area contributed by atoms with Gasteiger partial charge in [0.2, 0.25) is 0 Å². The Morgan fingerprint density at radius 3 is 2.12 bits per heavy atom. The fraction of sp³-hybridized carbons (Fsp3) is 0.429.